The molecule has 0 saturated carbocycles. The molecule has 3 aromatic rings. The van der Waals surface area contributed by atoms with Gasteiger partial charge in [-0.2, -0.15) is 30.9 Å². The summed E-state index contributed by atoms with van der Waals surface area (Å²) in [5.74, 6) is -1.07. The van der Waals surface area contributed by atoms with Gasteiger partial charge in [0.25, 0.3) is 11.9 Å². The predicted molar refractivity (Wildman–Crippen MR) is 108 cm³/mol. The van der Waals surface area contributed by atoms with Crippen LogP contribution in [0.25, 0.3) is 0 Å². The summed E-state index contributed by atoms with van der Waals surface area (Å²) in [5, 5.41) is 2.55. The van der Waals surface area contributed by atoms with Gasteiger partial charge in [-0.15, -0.1) is 0 Å². The van der Waals surface area contributed by atoms with Crippen molar-refractivity contribution in [3.8, 4) is 0 Å². The Labute approximate surface area is 181 Å². The van der Waals surface area contributed by atoms with Gasteiger partial charge in [0.05, 0.1) is 17.8 Å². The Morgan fingerprint density at radius 2 is 1.97 bits per heavy atom. The van der Waals surface area contributed by atoms with E-state index in [0.717, 1.165) is 22.7 Å². The van der Waals surface area contributed by atoms with Crippen molar-refractivity contribution in [1.82, 2.24) is 19.0 Å². The number of amides is 1. The van der Waals surface area contributed by atoms with Crippen molar-refractivity contribution in [2.45, 2.75) is 19.6 Å². The van der Waals surface area contributed by atoms with Crippen molar-refractivity contribution in [1.29, 1.82) is 0 Å². The highest BCUT2D eigenvalue weighted by molar-refractivity contribution is 7.87. The van der Waals surface area contributed by atoms with E-state index >= 15 is 0 Å². The molecule has 0 atom stereocenters. The van der Waals surface area contributed by atoms with E-state index in [1.54, 1.807) is 25.1 Å². The maximum absolute atomic E-state index is 12.9. The van der Waals surface area contributed by atoms with Gasteiger partial charge in [0.15, 0.2) is 5.69 Å². The fourth-order valence-corrected chi connectivity index (χ4v) is 3.33. The highest BCUT2D eigenvalue weighted by Gasteiger charge is 2.31. The van der Waals surface area contributed by atoms with Crippen molar-refractivity contribution in [3.05, 3.63) is 71.4 Å². The Kier molecular flexibility index (Phi) is 6.50. The number of benzene rings is 1. The number of aryl methyl sites for hydroxylation is 1. The molecule has 0 aliphatic rings. The van der Waals surface area contributed by atoms with Gasteiger partial charge in [-0.3, -0.25) is 9.78 Å². The van der Waals surface area contributed by atoms with E-state index in [0.29, 0.717) is 11.3 Å². The van der Waals surface area contributed by atoms with Gasteiger partial charge < -0.3 is 9.73 Å². The summed E-state index contributed by atoms with van der Waals surface area (Å²) >= 11 is 0. The first-order chi connectivity index (χ1) is 15.0. The fraction of sp³-hybridized carbons (Fsp3) is 0.211. The third kappa shape index (κ3) is 5.62. The number of oxazole rings is 1. The third-order valence-corrected chi connectivity index (χ3v) is 5.68. The maximum atomic E-state index is 12.9. The molecule has 170 valence electrons. The molecule has 0 spiro atoms. The van der Waals surface area contributed by atoms with E-state index in [1.807, 2.05) is 4.72 Å². The van der Waals surface area contributed by atoms with E-state index in [9.17, 15) is 26.4 Å². The molecule has 0 aliphatic carbocycles. The lowest BCUT2D eigenvalue weighted by Crippen LogP contribution is -2.41. The number of anilines is 2. The van der Waals surface area contributed by atoms with Crippen LogP contribution >= 0.6 is 0 Å². The van der Waals surface area contributed by atoms with E-state index in [2.05, 4.69) is 15.3 Å². The molecule has 0 bridgehead atoms. The number of carbonyl (C=O) groups excluding carboxylic acids is 1. The lowest BCUT2D eigenvalue weighted by atomic mass is 10.1. The molecule has 13 heteroatoms. The van der Waals surface area contributed by atoms with Gasteiger partial charge in [0, 0.05) is 18.9 Å². The van der Waals surface area contributed by atoms with E-state index in [4.69, 9.17) is 4.42 Å². The summed E-state index contributed by atoms with van der Waals surface area (Å²) in [6, 6.07) is 7.79. The van der Waals surface area contributed by atoms with Crippen LogP contribution < -0.4 is 10.0 Å². The van der Waals surface area contributed by atoms with Crippen LogP contribution in [0.3, 0.4) is 0 Å². The van der Waals surface area contributed by atoms with Gasteiger partial charge in [-0.1, -0.05) is 12.1 Å². The van der Waals surface area contributed by atoms with Gasteiger partial charge in [-0.05, 0) is 36.8 Å². The normalized spacial score (nSPS) is 12.1. The Balaban J connectivity index is 1.69. The Morgan fingerprint density at radius 3 is 2.62 bits per heavy atom. The molecule has 9 nitrogen and oxygen atoms in total. The van der Waals surface area contributed by atoms with E-state index < -0.39 is 27.9 Å². The number of halogens is 3. The lowest BCUT2D eigenvalue weighted by Gasteiger charge is -2.16. The minimum absolute atomic E-state index is 0.0661. The van der Waals surface area contributed by atoms with Crippen LogP contribution in [0.2, 0.25) is 0 Å². The molecular formula is C19H18F3N5O4S. The molecule has 0 radical (unpaired) electrons. The van der Waals surface area contributed by atoms with Crippen LogP contribution in [0.5, 0.6) is 0 Å². The largest absolute Gasteiger partial charge is 0.431 e. The fourth-order valence-electron chi connectivity index (χ4n) is 2.54. The minimum atomic E-state index is -4.54. The van der Waals surface area contributed by atoms with Crippen LogP contribution in [-0.4, -0.2) is 35.6 Å². The number of hydrogen-bond donors (Lipinski definition) is 2. The molecular weight excluding hydrogens is 451 g/mol. The van der Waals surface area contributed by atoms with Gasteiger partial charge in [-0.25, -0.2) is 4.72 Å². The second-order valence-corrected chi connectivity index (χ2v) is 8.48. The smallest absolute Gasteiger partial charge is 0.416 e. The number of hydrogen-bond acceptors (Lipinski definition) is 7. The standard InChI is InChI=1S/C19H18F3N5O4S/c1-12-6-7-13(19(20,21)22)9-15(12)24-18-25-16(11-31-18)17(28)26-32(29,30)27(2)10-14-5-3-4-8-23-14/h3-9,11H,10H2,1-2H3,(H,24,25)(H,26,28). The molecule has 0 saturated heterocycles. The zero-order chi connectivity index (χ0) is 23.5. The zero-order valence-corrected chi connectivity index (χ0v) is 17.7. The molecule has 1 aromatic carbocycles. The number of nitrogens with one attached hydrogen (secondary N) is 2. The summed E-state index contributed by atoms with van der Waals surface area (Å²) < 4.78 is 71.3. The van der Waals surface area contributed by atoms with E-state index in [-0.39, 0.29) is 23.9 Å². The molecule has 0 fully saturated rings. The maximum Gasteiger partial charge on any atom is 0.416 e. The topological polar surface area (TPSA) is 117 Å². The van der Waals surface area contributed by atoms with Crippen molar-refractivity contribution in [2.75, 3.05) is 12.4 Å². The highest BCUT2D eigenvalue weighted by Crippen LogP contribution is 2.32. The molecule has 0 unspecified atom stereocenters. The first-order valence-corrected chi connectivity index (χ1v) is 10.5. The van der Waals surface area contributed by atoms with Gasteiger partial charge >= 0.3 is 16.4 Å². The molecule has 2 N–H and O–H groups in total. The van der Waals surface area contributed by atoms with Crippen LogP contribution in [0.15, 0.2) is 53.3 Å². The third-order valence-electron chi connectivity index (χ3n) is 4.29. The second kappa shape index (κ2) is 8.96. The molecule has 3 rings (SSSR count). The number of carbonyl (C=O) groups is 1. The van der Waals surface area contributed by atoms with Crippen LogP contribution in [0.1, 0.15) is 27.3 Å². The number of alkyl halides is 3. The number of pyridine rings is 1. The first-order valence-electron chi connectivity index (χ1n) is 9.04. The molecule has 2 aromatic heterocycles. The Bertz CT molecular complexity index is 1210. The number of rotatable bonds is 7. The number of aromatic nitrogens is 2. The Hall–Kier alpha value is -3.45. The van der Waals surface area contributed by atoms with Crippen LogP contribution in [-0.2, 0) is 22.9 Å². The quantitative estimate of drug-likeness (QED) is 0.545. The summed E-state index contributed by atoms with van der Waals surface area (Å²) in [6.07, 6.45) is -2.15. The number of nitrogens with zero attached hydrogens (tertiary/aromatic N) is 3. The summed E-state index contributed by atoms with van der Waals surface area (Å²) in [7, 11) is -2.96. The zero-order valence-electron chi connectivity index (χ0n) is 16.8. The van der Waals surface area contributed by atoms with Crippen molar-refractivity contribution in [3.63, 3.8) is 0 Å². The van der Waals surface area contributed by atoms with Crippen molar-refractivity contribution < 1.29 is 30.8 Å². The SMILES string of the molecule is Cc1ccc(C(F)(F)F)cc1Nc1nc(C(=O)NS(=O)(=O)N(C)Cc2ccccn2)co1. The van der Waals surface area contributed by atoms with Crippen molar-refractivity contribution >= 4 is 27.8 Å². The molecule has 1 amide bonds. The highest BCUT2D eigenvalue weighted by atomic mass is 32.2. The average molecular weight is 469 g/mol. The predicted octanol–water partition coefficient (Wildman–Crippen LogP) is 3.25. The van der Waals surface area contributed by atoms with Crippen LogP contribution in [0.4, 0.5) is 24.9 Å². The summed E-state index contributed by atoms with van der Waals surface area (Å²) in [4.78, 5) is 20.1. The molecule has 32 heavy (non-hydrogen) atoms. The second-order valence-electron chi connectivity index (χ2n) is 6.70. The summed E-state index contributed by atoms with van der Waals surface area (Å²) in [6.45, 7) is 1.49. The lowest BCUT2D eigenvalue weighted by molar-refractivity contribution is -0.137. The monoisotopic (exact) mass is 469 g/mol. The van der Waals surface area contributed by atoms with Crippen LogP contribution in [0, 0.1) is 6.92 Å². The molecule has 0 aliphatic heterocycles. The summed E-state index contributed by atoms with van der Waals surface area (Å²) in [5.41, 5.74) is -0.251. The van der Waals surface area contributed by atoms with Crippen molar-refractivity contribution in [2.24, 2.45) is 0 Å². The van der Waals surface area contributed by atoms with Gasteiger partial charge in [0.1, 0.15) is 6.26 Å². The average Bonchev–Trinajstić information content (AvgIpc) is 3.18. The molecule has 2 heterocycles. The Morgan fingerprint density at radius 1 is 1.22 bits per heavy atom. The van der Waals surface area contributed by atoms with E-state index in [1.165, 1.54) is 19.3 Å². The minimum Gasteiger partial charge on any atom is -0.431 e. The first kappa shape index (κ1) is 23.2. The van der Waals surface area contributed by atoms with Gasteiger partial charge in [0.2, 0.25) is 0 Å².